The van der Waals surface area contributed by atoms with Crippen molar-refractivity contribution in [3.05, 3.63) is 28.3 Å². The SMILES string of the molecule is CCOC(COc1c(Cl)cc(C)cc1C=O)OCC. The molecule has 0 aliphatic rings. The van der Waals surface area contributed by atoms with Crippen LogP contribution in [0.1, 0.15) is 29.8 Å². The van der Waals surface area contributed by atoms with Crippen molar-refractivity contribution < 1.29 is 19.0 Å². The van der Waals surface area contributed by atoms with Crippen molar-refractivity contribution >= 4 is 17.9 Å². The number of benzene rings is 1. The van der Waals surface area contributed by atoms with E-state index in [1.165, 1.54) is 0 Å². The normalized spacial score (nSPS) is 10.8. The van der Waals surface area contributed by atoms with E-state index in [1.807, 2.05) is 20.8 Å². The first-order chi connectivity index (χ1) is 9.12. The van der Waals surface area contributed by atoms with Crippen LogP contribution in [0, 0.1) is 6.92 Å². The Morgan fingerprint density at radius 1 is 1.26 bits per heavy atom. The Kier molecular flexibility index (Phi) is 6.84. The molecule has 0 aromatic heterocycles. The number of hydrogen-bond acceptors (Lipinski definition) is 4. The van der Waals surface area contributed by atoms with E-state index >= 15 is 0 Å². The third-order valence-corrected chi connectivity index (χ3v) is 2.69. The number of rotatable bonds is 8. The number of carbonyl (C=O) groups excluding carboxylic acids is 1. The predicted molar refractivity (Wildman–Crippen MR) is 74.1 cm³/mol. The Balaban J connectivity index is 2.78. The van der Waals surface area contributed by atoms with Crippen LogP contribution in [0.25, 0.3) is 0 Å². The maximum atomic E-state index is 11.0. The van der Waals surface area contributed by atoms with Gasteiger partial charge < -0.3 is 14.2 Å². The molecule has 0 atom stereocenters. The molecule has 1 aromatic carbocycles. The lowest BCUT2D eigenvalue weighted by atomic mass is 10.1. The fourth-order valence-corrected chi connectivity index (χ4v) is 2.00. The lowest BCUT2D eigenvalue weighted by molar-refractivity contribution is -0.152. The summed E-state index contributed by atoms with van der Waals surface area (Å²) in [6.45, 7) is 6.85. The van der Waals surface area contributed by atoms with Gasteiger partial charge in [-0.3, -0.25) is 4.79 Å². The van der Waals surface area contributed by atoms with Crippen LogP contribution < -0.4 is 4.74 Å². The van der Waals surface area contributed by atoms with Crippen LogP contribution >= 0.6 is 11.6 Å². The molecule has 0 amide bonds. The number of aldehydes is 1. The summed E-state index contributed by atoms with van der Waals surface area (Å²) >= 11 is 6.09. The Labute approximate surface area is 118 Å². The second kappa shape index (κ2) is 8.15. The molecule has 1 rings (SSSR count). The number of hydrogen-bond donors (Lipinski definition) is 0. The molecule has 0 unspecified atom stereocenters. The molecule has 5 heteroatoms. The largest absolute Gasteiger partial charge is 0.486 e. The summed E-state index contributed by atoms with van der Waals surface area (Å²) in [5.41, 5.74) is 1.34. The van der Waals surface area contributed by atoms with Crippen molar-refractivity contribution in [1.29, 1.82) is 0 Å². The third-order valence-electron chi connectivity index (χ3n) is 2.41. The molecule has 0 saturated heterocycles. The highest BCUT2D eigenvalue weighted by molar-refractivity contribution is 6.32. The molecule has 0 aliphatic heterocycles. The molecule has 0 N–H and O–H groups in total. The predicted octanol–water partition coefficient (Wildman–Crippen LogP) is 3.24. The highest BCUT2D eigenvalue weighted by Gasteiger charge is 2.14. The second-order valence-corrected chi connectivity index (χ2v) is 4.34. The number of ether oxygens (including phenoxy) is 3. The van der Waals surface area contributed by atoms with Gasteiger partial charge in [0, 0.05) is 13.2 Å². The van der Waals surface area contributed by atoms with Crippen molar-refractivity contribution in [1.82, 2.24) is 0 Å². The molecular weight excluding hydrogens is 268 g/mol. The monoisotopic (exact) mass is 286 g/mol. The van der Waals surface area contributed by atoms with Gasteiger partial charge >= 0.3 is 0 Å². The number of halogens is 1. The molecular formula is C14H19ClO4. The van der Waals surface area contributed by atoms with Crippen LogP contribution in [0.3, 0.4) is 0 Å². The van der Waals surface area contributed by atoms with E-state index in [2.05, 4.69) is 0 Å². The number of carbonyl (C=O) groups is 1. The zero-order valence-electron chi connectivity index (χ0n) is 11.4. The van der Waals surface area contributed by atoms with Gasteiger partial charge in [-0.1, -0.05) is 11.6 Å². The standard InChI is InChI=1S/C14H19ClO4/c1-4-17-13(18-5-2)9-19-14-11(8-16)6-10(3)7-12(14)15/h6-8,13H,4-5,9H2,1-3H3. The van der Waals surface area contributed by atoms with Gasteiger partial charge in [-0.2, -0.15) is 0 Å². The van der Waals surface area contributed by atoms with Gasteiger partial charge in [0.1, 0.15) is 12.4 Å². The van der Waals surface area contributed by atoms with Gasteiger partial charge in [0.05, 0.1) is 10.6 Å². The molecule has 0 fully saturated rings. The molecule has 0 heterocycles. The fraction of sp³-hybridized carbons (Fsp3) is 0.500. The quantitative estimate of drug-likeness (QED) is 0.544. The van der Waals surface area contributed by atoms with Gasteiger partial charge in [-0.15, -0.1) is 0 Å². The van der Waals surface area contributed by atoms with Crippen molar-refractivity contribution in [2.24, 2.45) is 0 Å². The van der Waals surface area contributed by atoms with Gasteiger partial charge in [0.15, 0.2) is 12.6 Å². The summed E-state index contributed by atoms with van der Waals surface area (Å²) < 4.78 is 16.3. The summed E-state index contributed by atoms with van der Waals surface area (Å²) in [7, 11) is 0. The summed E-state index contributed by atoms with van der Waals surface area (Å²) in [4.78, 5) is 11.0. The average Bonchev–Trinajstić information content (AvgIpc) is 2.37. The molecule has 19 heavy (non-hydrogen) atoms. The van der Waals surface area contributed by atoms with Crippen molar-refractivity contribution in [2.45, 2.75) is 27.1 Å². The van der Waals surface area contributed by atoms with Crippen LogP contribution in [0.2, 0.25) is 5.02 Å². The van der Waals surface area contributed by atoms with E-state index in [9.17, 15) is 4.79 Å². The lowest BCUT2D eigenvalue weighted by Crippen LogP contribution is -2.25. The van der Waals surface area contributed by atoms with E-state index in [1.54, 1.807) is 12.1 Å². The van der Waals surface area contributed by atoms with E-state index in [-0.39, 0.29) is 6.61 Å². The summed E-state index contributed by atoms with van der Waals surface area (Å²) in [5, 5.41) is 0.411. The molecule has 0 aliphatic carbocycles. The average molecular weight is 287 g/mol. The molecule has 106 valence electrons. The maximum Gasteiger partial charge on any atom is 0.191 e. The molecule has 0 saturated carbocycles. The van der Waals surface area contributed by atoms with E-state index in [0.29, 0.717) is 29.5 Å². The van der Waals surface area contributed by atoms with Crippen LogP contribution in [0.4, 0.5) is 0 Å². The Morgan fingerprint density at radius 3 is 2.42 bits per heavy atom. The minimum Gasteiger partial charge on any atom is -0.486 e. The minimum atomic E-state index is -0.466. The second-order valence-electron chi connectivity index (χ2n) is 3.93. The van der Waals surface area contributed by atoms with Crippen LogP contribution in [-0.2, 0) is 9.47 Å². The van der Waals surface area contributed by atoms with E-state index < -0.39 is 6.29 Å². The Morgan fingerprint density at radius 2 is 1.89 bits per heavy atom. The third kappa shape index (κ3) is 4.82. The van der Waals surface area contributed by atoms with Crippen LogP contribution in [0.5, 0.6) is 5.75 Å². The Bertz CT molecular complexity index is 414. The topological polar surface area (TPSA) is 44.8 Å². The first-order valence-corrected chi connectivity index (χ1v) is 6.61. The van der Waals surface area contributed by atoms with E-state index in [0.717, 1.165) is 11.8 Å². The minimum absolute atomic E-state index is 0.186. The van der Waals surface area contributed by atoms with Gasteiger partial charge in [-0.05, 0) is 38.5 Å². The fourth-order valence-electron chi connectivity index (χ4n) is 1.66. The van der Waals surface area contributed by atoms with Gasteiger partial charge in [0.25, 0.3) is 0 Å². The molecule has 1 aromatic rings. The van der Waals surface area contributed by atoms with Gasteiger partial charge in [-0.25, -0.2) is 0 Å². The van der Waals surface area contributed by atoms with Crippen LogP contribution in [0.15, 0.2) is 12.1 Å². The highest BCUT2D eigenvalue weighted by Crippen LogP contribution is 2.29. The van der Waals surface area contributed by atoms with Crippen LogP contribution in [-0.4, -0.2) is 32.4 Å². The number of aryl methyl sites for hydroxylation is 1. The summed E-state index contributed by atoms with van der Waals surface area (Å²) in [6, 6.07) is 3.48. The molecule has 0 spiro atoms. The van der Waals surface area contributed by atoms with Crippen molar-refractivity contribution in [3.63, 3.8) is 0 Å². The summed E-state index contributed by atoms with van der Waals surface area (Å²) in [6.07, 6.45) is 0.261. The first-order valence-electron chi connectivity index (χ1n) is 6.23. The highest BCUT2D eigenvalue weighted by atomic mass is 35.5. The Hall–Kier alpha value is -1.10. The van der Waals surface area contributed by atoms with Crippen molar-refractivity contribution in [3.8, 4) is 5.75 Å². The zero-order chi connectivity index (χ0) is 14.3. The van der Waals surface area contributed by atoms with Gasteiger partial charge in [0.2, 0.25) is 0 Å². The smallest absolute Gasteiger partial charge is 0.191 e. The van der Waals surface area contributed by atoms with Crippen molar-refractivity contribution in [2.75, 3.05) is 19.8 Å². The maximum absolute atomic E-state index is 11.0. The summed E-state index contributed by atoms with van der Waals surface area (Å²) in [5.74, 6) is 0.367. The van der Waals surface area contributed by atoms with E-state index in [4.69, 9.17) is 25.8 Å². The molecule has 0 bridgehead atoms. The first kappa shape index (κ1) is 16.0. The zero-order valence-corrected chi connectivity index (χ0v) is 12.2. The molecule has 4 nitrogen and oxygen atoms in total. The lowest BCUT2D eigenvalue weighted by Gasteiger charge is -2.18. The molecule has 0 radical (unpaired) electrons.